The first-order valence-electron chi connectivity index (χ1n) is 12.6. The van der Waals surface area contributed by atoms with E-state index in [1.54, 1.807) is 41.3 Å². The van der Waals surface area contributed by atoms with Crippen molar-refractivity contribution in [2.45, 2.75) is 37.8 Å². The van der Waals surface area contributed by atoms with Gasteiger partial charge in [-0.05, 0) is 61.6 Å². The molecule has 1 amide bonds. The normalized spacial score (nSPS) is 16.7. The molecule has 0 aliphatic carbocycles. The molecule has 0 saturated carbocycles. The molecular weight excluding hydrogens is 506 g/mol. The number of benzene rings is 2. The van der Waals surface area contributed by atoms with Gasteiger partial charge in [0.2, 0.25) is 0 Å². The summed E-state index contributed by atoms with van der Waals surface area (Å²) in [6, 6.07) is 12.5. The van der Waals surface area contributed by atoms with Crippen molar-refractivity contribution in [1.29, 1.82) is 0 Å². The van der Waals surface area contributed by atoms with E-state index in [-0.39, 0.29) is 25.2 Å². The molecule has 0 bridgehead atoms. The molecule has 0 unspecified atom stereocenters. The average molecular weight is 538 g/mol. The number of carbonyl (C=O) groups excluding carboxylic acids is 1. The molecule has 9 nitrogen and oxygen atoms in total. The standard InChI is InChI=1S/C28H32ClN5O4/c1-19-6-8-26(33-32-19)20-7-9-27(25(29)14-20)38-18-28(36)34-12-10-21(11-13-34)31-16-23(35)17-37-24-5-3-4-22(15-24)30-2/h3-5,7,9,14-15,21,23,31-32,35H,1,6,8,10-13,16-18H2/t23-/m0/s1. The van der Waals surface area contributed by atoms with Gasteiger partial charge in [0.05, 0.1) is 17.3 Å². The van der Waals surface area contributed by atoms with Crippen LogP contribution in [0.15, 0.2) is 59.8 Å². The van der Waals surface area contributed by atoms with Crippen LogP contribution in [-0.2, 0) is 4.79 Å². The summed E-state index contributed by atoms with van der Waals surface area (Å²) in [5.41, 5.74) is 6.12. The van der Waals surface area contributed by atoms with Crippen LogP contribution in [0, 0.1) is 6.57 Å². The van der Waals surface area contributed by atoms with Gasteiger partial charge in [-0.1, -0.05) is 30.3 Å². The van der Waals surface area contributed by atoms with E-state index in [1.165, 1.54) is 0 Å². The molecule has 10 heteroatoms. The Hall–Kier alpha value is -3.58. The molecule has 2 aromatic rings. The van der Waals surface area contributed by atoms with Crippen molar-refractivity contribution in [2.24, 2.45) is 5.10 Å². The van der Waals surface area contributed by atoms with Gasteiger partial charge in [0, 0.05) is 31.4 Å². The monoisotopic (exact) mass is 537 g/mol. The van der Waals surface area contributed by atoms with Crippen LogP contribution in [0.5, 0.6) is 11.5 Å². The fourth-order valence-electron chi connectivity index (χ4n) is 4.29. The van der Waals surface area contributed by atoms with Crippen LogP contribution in [0.4, 0.5) is 5.69 Å². The van der Waals surface area contributed by atoms with Gasteiger partial charge in [-0.2, -0.15) is 5.10 Å². The number of nitrogens with one attached hydrogen (secondary N) is 2. The number of hydrogen-bond acceptors (Lipinski definition) is 7. The largest absolute Gasteiger partial charge is 0.492 e. The van der Waals surface area contributed by atoms with E-state index in [1.807, 2.05) is 6.07 Å². The van der Waals surface area contributed by atoms with Crippen LogP contribution in [0.25, 0.3) is 4.85 Å². The second-order valence-corrected chi connectivity index (χ2v) is 9.75. The van der Waals surface area contributed by atoms with Gasteiger partial charge in [-0.15, -0.1) is 0 Å². The second kappa shape index (κ2) is 13.3. The highest BCUT2D eigenvalue weighted by Gasteiger charge is 2.24. The number of aliphatic hydroxyl groups is 1. The van der Waals surface area contributed by atoms with E-state index in [0.29, 0.717) is 41.8 Å². The van der Waals surface area contributed by atoms with Crippen LogP contribution in [0.1, 0.15) is 31.2 Å². The molecule has 0 radical (unpaired) electrons. The molecule has 1 fully saturated rings. The summed E-state index contributed by atoms with van der Waals surface area (Å²) in [6.07, 6.45) is 2.49. The minimum Gasteiger partial charge on any atom is -0.492 e. The summed E-state index contributed by atoms with van der Waals surface area (Å²) in [7, 11) is 0. The zero-order valence-electron chi connectivity index (χ0n) is 21.2. The van der Waals surface area contributed by atoms with Gasteiger partial charge < -0.3 is 24.8 Å². The number of nitrogens with zero attached hydrogens (tertiary/aromatic N) is 3. The highest BCUT2D eigenvalue weighted by Crippen LogP contribution is 2.27. The Kier molecular flexibility index (Phi) is 9.60. The van der Waals surface area contributed by atoms with Crippen LogP contribution < -0.4 is 20.2 Å². The van der Waals surface area contributed by atoms with Crippen LogP contribution in [-0.4, -0.2) is 66.6 Å². The van der Waals surface area contributed by atoms with Gasteiger partial charge in [-0.3, -0.25) is 10.2 Å². The number of allylic oxidation sites excluding steroid dienone is 1. The van der Waals surface area contributed by atoms with Crippen molar-refractivity contribution in [3.05, 3.63) is 76.7 Å². The van der Waals surface area contributed by atoms with Gasteiger partial charge in [0.1, 0.15) is 24.2 Å². The lowest BCUT2D eigenvalue weighted by Crippen LogP contribution is -2.48. The molecule has 200 valence electrons. The number of hydrazone groups is 1. The van der Waals surface area contributed by atoms with Gasteiger partial charge in [-0.25, -0.2) is 4.85 Å². The molecule has 4 rings (SSSR count). The molecule has 2 aromatic carbocycles. The quantitative estimate of drug-likeness (QED) is 0.398. The van der Waals surface area contributed by atoms with Crippen molar-refractivity contribution < 1.29 is 19.4 Å². The smallest absolute Gasteiger partial charge is 0.260 e. The Morgan fingerprint density at radius 3 is 2.79 bits per heavy atom. The van der Waals surface area contributed by atoms with Crippen molar-refractivity contribution in [2.75, 3.05) is 32.8 Å². The van der Waals surface area contributed by atoms with Crippen molar-refractivity contribution in [3.8, 4) is 11.5 Å². The molecule has 0 spiro atoms. The van der Waals surface area contributed by atoms with Crippen LogP contribution in [0.3, 0.4) is 0 Å². The Morgan fingerprint density at radius 1 is 1.26 bits per heavy atom. The van der Waals surface area contributed by atoms with E-state index in [0.717, 1.165) is 42.7 Å². The fourth-order valence-corrected chi connectivity index (χ4v) is 4.53. The zero-order chi connectivity index (χ0) is 26.9. The lowest BCUT2D eigenvalue weighted by atomic mass is 10.0. The predicted octanol–water partition coefficient (Wildman–Crippen LogP) is 3.89. The molecule has 1 atom stereocenters. The number of halogens is 1. The number of carbonyl (C=O) groups is 1. The number of hydrogen-bond donors (Lipinski definition) is 3. The first-order chi connectivity index (χ1) is 18.4. The molecule has 2 aliphatic rings. The molecule has 2 aliphatic heterocycles. The molecular formula is C28H32ClN5O4. The Labute approximate surface area is 227 Å². The van der Waals surface area contributed by atoms with Crippen molar-refractivity contribution in [3.63, 3.8) is 0 Å². The van der Waals surface area contributed by atoms with Gasteiger partial charge >= 0.3 is 0 Å². The summed E-state index contributed by atoms with van der Waals surface area (Å²) in [5, 5.41) is 18.4. The SMILES string of the molecule is [C-]#[N+]c1cccc(OC[C@@H](O)CNC2CCN(C(=O)COc3ccc(C4=NNC(=C)CC4)cc3Cl)CC2)c1. The molecule has 3 N–H and O–H groups in total. The van der Waals surface area contributed by atoms with Crippen molar-refractivity contribution >= 4 is 28.9 Å². The van der Waals surface area contributed by atoms with Gasteiger partial charge in [0.25, 0.3) is 5.91 Å². The summed E-state index contributed by atoms with van der Waals surface area (Å²) in [4.78, 5) is 17.9. The lowest BCUT2D eigenvalue weighted by Gasteiger charge is -2.33. The summed E-state index contributed by atoms with van der Waals surface area (Å²) < 4.78 is 11.3. The number of ether oxygens (including phenoxy) is 2. The van der Waals surface area contributed by atoms with Gasteiger partial charge in [0.15, 0.2) is 12.3 Å². The molecule has 2 heterocycles. The minimum absolute atomic E-state index is 0.0791. The summed E-state index contributed by atoms with van der Waals surface area (Å²) in [6.45, 7) is 12.6. The highest BCUT2D eigenvalue weighted by atomic mass is 35.5. The molecule has 38 heavy (non-hydrogen) atoms. The maximum atomic E-state index is 12.7. The molecule has 0 aromatic heterocycles. The van der Waals surface area contributed by atoms with Crippen LogP contribution >= 0.6 is 11.6 Å². The third kappa shape index (κ3) is 7.71. The predicted molar refractivity (Wildman–Crippen MR) is 147 cm³/mol. The lowest BCUT2D eigenvalue weighted by molar-refractivity contribution is -0.134. The number of aliphatic hydroxyl groups excluding tert-OH is 1. The van der Waals surface area contributed by atoms with E-state index >= 15 is 0 Å². The second-order valence-electron chi connectivity index (χ2n) is 9.35. The maximum absolute atomic E-state index is 12.7. The van der Waals surface area contributed by atoms with Crippen molar-refractivity contribution in [1.82, 2.24) is 15.6 Å². The third-order valence-corrected chi connectivity index (χ3v) is 6.80. The van der Waals surface area contributed by atoms with E-state index < -0.39 is 6.10 Å². The average Bonchev–Trinajstić information content (AvgIpc) is 2.95. The third-order valence-electron chi connectivity index (χ3n) is 6.51. The number of piperidine rings is 1. The Morgan fingerprint density at radius 2 is 2.08 bits per heavy atom. The maximum Gasteiger partial charge on any atom is 0.260 e. The first-order valence-corrected chi connectivity index (χ1v) is 13.0. The number of rotatable bonds is 10. The first kappa shape index (κ1) is 27.5. The van der Waals surface area contributed by atoms with Crippen LogP contribution in [0.2, 0.25) is 5.02 Å². The summed E-state index contributed by atoms with van der Waals surface area (Å²) >= 11 is 6.40. The van der Waals surface area contributed by atoms with E-state index in [2.05, 4.69) is 27.3 Å². The van der Waals surface area contributed by atoms with E-state index in [9.17, 15) is 9.90 Å². The highest BCUT2D eigenvalue weighted by molar-refractivity contribution is 6.32. The minimum atomic E-state index is -0.684. The Bertz CT molecular complexity index is 1220. The Balaban J connectivity index is 1.15. The topological polar surface area (TPSA) is 99.8 Å². The fraction of sp³-hybridized carbons (Fsp3) is 0.393. The summed E-state index contributed by atoms with van der Waals surface area (Å²) in [5.74, 6) is 0.940. The number of likely N-dealkylation sites (tertiary alicyclic amines) is 1. The number of amides is 1. The zero-order valence-corrected chi connectivity index (χ0v) is 21.9. The molecule has 1 saturated heterocycles. The van der Waals surface area contributed by atoms with E-state index in [4.69, 9.17) is 27.6 Å².